The van der Waals surface area contributed by atoms with E-state index in [2.05, 4.69) is 15.3 Å². The van der Waals surface area contributed by atoms with Crippen LogP contribution in [0.15, 0.2) is 30.5 Å². The summed E-state index contributed by atoms with van der Waals surface area (Å²) in [5.74, 6) is 1.48. The van der Waals surface area contributed by atoms with E-state index in [9.17, 15) is 4.79 Å². The third-order valence-corrected chi connectivity index (χ3v) is 3.22. The maximum Gasteiger partial charge on any atom is 0.251 e. The number of nitrogens with zero attached hydrogens (tertiary/aromatic N) is 2. The topological polar surface area (TPSA) is 64.1 Å². The van der Waals surface area contributed by atoms with E-state index in [-0.39, 0.29) is 5.91 Å². The standard InChI is InChI=1S/C15H15N3O2/c1-10-16-7-5-12(18-10)9-20-13-2-3-14-11(8-13)4-6-17-15(14)19/h2-3,5,7-8H,4,6,9H2,1H3,(H,17,19). The molecule has 0 radical (unpaired) electrons. The molecule has 1 amide bonds. The minimum absolute atomic E-state index is 0.00998. The van der Waals surface area contributed by atoms with Crippen LogP contribution in [0.25, 0.3) is 0 Å². The Morgan fingerprint density at radius 1 is 1.35 bits per heavy atom. The summed E-state index contributed by atoms with van der Waals surface area (Å²) < 4.78 is 5.73. The number of amides is 1. The van der Waals surface area contributed by atoms with Gasteiger partial charge in [0.15, 0.2) is 0 Å². The molecule has 0 atom stereocenters. The van der Waals surface area contributed by atoms with Gasteiger partial charge in [-0.1, -0.05) is 0 Å². The van der Waals surface area contributed by atoms with Crippen molar-refractivity contribution in [1.29, 1.82) is 0 Å². The van der Waals surface area contributed by atoms with Gasteiger partial charge in [-0.3, -0.25) is 4.79 Å². The molecule has 0 spiro atoms. The summed E-state index contributed by atoms with van der Waals surface area (Å²) >= 11 is 0. The number of carbonyl (C=O) groups excluding carboxylic acids is 1. The van der Waals surface area contributed by atoms with Gasteiger partial charge in [0.2, 0.25) is 0 Å². The van der Waals surface area contributed by atoms with E-state index >= 15 is 0 Å². The van der Waals surface area contributed by atoms with Crippen molar-refractivity contribution in [1.82, 2.24) is 15.3 Å². The summed E-state index contributed by atoms with van der Waals surface area (Å²) in [6, 6.07) is 7.39. The van der Waals surface area contributed by atoms with Crippen LogP contribution in [-0.2, 0) is 13.0 Å². The predicted molar refractivity (Wildman–Crippen MR) is 73.6 cm³/mol. The second kappa shape index (κ2) is 5.28. The zero-order valence-electron chi connectivity index (χ0n) is 11.2. The highest BCUT2D eigenvalue weighted by Gasteiger charge is 2.16. The lowest BCUT2D eigenvalue weighted by Gasteiger charge is -2.17. The number of hydrogen-bond donors (Lipinski definition) is 1. The largest absolute Gasteiger partial charge is 0.487 e. The number of nitrogens with one attached hydrogen (secondary N) is 1. The average Bonchev–Trinajstić information content (AvgIpc) is 2.45. The molecule has 0 saturated heterocycles. The summed E-state index contributed by atoms with van der Waals surface area (Å²) in [7, 11) is 0. The highest BCUT2D eigenvalue weighted by Crippen LogP contribution is 2.21. The van der Waals surface area contributed by atoms with Gasteiger partial charge in [0.05, 0.1) is 5.69 Å². The van der Waals surface area contributed by atoms with E-state index in [1.165, 1.54) is 0 Å². The number of ether oxygens (including phenoxy) is 1. The molecule has 5 heteroatoms. The van der Waals surface area contributed by atoms with Crippen LogP contribution in [0.5, 0.6) is 5.75 Å². The van der Waals surface area contributed by atoms with Crippen molar-refractivity contribution < 1.29 is 9.53 Å². The molecule has 102 valence electrons. The lowest BCUT2D eigenvalue weighted by Crippen LogP contribution is -2.31. The fourth-order valence-electron chi connectivity index (χ4n) is 2.24. The third-order valence-electron chi connectivity index (χ3n) is 3.22. The molecule has 0 fully saturated rings. The van der Waals surface area contributed by atoms with Gasteiger partial charge in [-0.25, -0.2) is 9.97 Å². The molecule has 3 rings (SSSR count). The first-order chi connectivity index (χ1) is 9.72. The van der Waals surface area contributed by atoms with Crippen LogP contribution in [-0.4, -0.2) is 22.4 Å². The molecule has 0 saturated carbocycles. The molecule has 1 N–H and O–H groups in total. The van der Waals surface area contributed by atoms with Crippen LogP contribution in [0.4, 0.5) is 0 Å². The maximum absolute atomic E-state index is 11.6. The van der Waals surface area contributed by atoms with Gasteiger partial charge in [-0.05, 0) is 43.2 Å². The maximum atomic E-state index is 11.6. The van der Waals surface area contributed by atoms with Crippen LogP contribution in [0.2, 0.25) is 0 Å². The molecule has 0 bridgehead atoms. The number of aryl methyl sites for hydroxylation is 1. The Kier molecular flexibility index (Phi) is 3.33. The minimum atomic E-state index is -0.00998. The van der Waals surface area contributed by atoms with Gasteiger partial charge in [0.1, 0.15) is 18.2 Å². The number of aromatic nitrogens is 2. The molecule has 2 heterocycles. The summed E-state index contributed by atoms with van der Waals surface area (Å²) in [5.41, 5.74) is 2.61. The molecule has 0 aliphatic carbocycles. The first-order valence-corrected chi connectivity index (χ1v) is 6.55. The van der Waals surface area contributed by atoms with Crippen molar-refractivity contribution in [2.45, 2.75) is 20.0 Å². The molecule has 1 aliphatic heterocycles. The first-order valence-electron chi connectivity index (χ1n) is 6.55. The molecule has 2 aromatic rings. The molecule has 1 aromatic carbocycles. The van der Waals surface area contributed by atoms with E-state index in [0.29, 0.717) is 13.2 Å². The Morgan fingerprint density at radius 2 is 2.25 bits per heavy atom. The number of hydrogen-bond acceptors (Lipinski definition) is 4. The van der Waals surface area contributed by atoms with Crippen molar-refractivity contribution in [3.63, 3.8) is 0 Å². The zero-order valence-corrected chi connectivity index (χ0v) is 11.2. The normalized spacial score (nSPS) is 13.6. The summed E-state index contributed by atoms with van der Waals surface area (Å²) in [5, 5.41) is 2.83. The molecule has 1 aliphatic rings. The monoisotopic (exact) mass is 269 g/mol. The lowest BCUT2D eigenvalue weighted by atomic mass is 10.0. The second-order valence-corrected chi connectivity index (χ2v) is 4.71. The van der Waals surface area contributed by atoms with Crippen LogP contribution < -0.4 is 10.1 Å². The molecule has 1 aromatic heterocycles. The Labute approximate surface area is 117 Å². The summed E-state index contributed by atoms with van der Waals surface area (Å²) in [6.07, 6.45) is 2.56. The van der Waals surface area contributed by atoms with Crippen LogP contribution >= 0.6 is 0 Å². The highest BCUT2D eigenvalue weighted by molar-refractivity contribution is 5.96. The van der Waals surface area contributed by atoms with Crippen LogP contribution in [0.3, 0.4) is 0 Å². The van der Waals surface area contributed by atoms with Crippen molar-refractivity contribution in [3.05, 3.63) is 53.1 Å². The van der Waals surface area contributed by atoms with Crippen LogP contribution in [0.1, 0.15) is 27.4 Å². The molecule has 0 unspecified atom stereocenters. The average molecular weight is 269 g/mol. The van der Waals surface area contributed by atoms with E-state index in [1.807, 2.05) is 31.2 Å². The van der Waals surface area contributed by atoms with Gasteiger partial charge in [-0.15, -0.1) is 0 Å². The van der Waals surface area contributed by atoms with E-state index in [4.69, 9.17) is 4.74 Å². The Balaban J connectivity index is 1.74. The Hall–Kier alpha value is -2.43. The summed E-state index contributed by atoms with van der Waals surface area (Å²) in [4.78, 5) is 20.0. The van der Waals surface area contributed by atoms with Crippen molar-refractivity contribution in [3.8, 4) is 5.75 Å². The number of carbonyl (C=O) groups is 1. The van der Waals surface area contributed by atoms with Gasteiger partial charge >= 0.3 is 0 Å². The van der Waals surface area contributed by atoms with E-state index < -0.39 is 0 Å². The van der Waals surface area contributed by atoms with E-state index in [0.717, 1.165) is 34.8 Å². The number of rotatable bonds is 3. The molecular weight excluding hydrogens is 254 g/mol. The predicted octanol–water partition coefficient (Wildman–Crippen LogP) is 1.65. The third kappa shape index (κ3) is 2.61. The quantitative estimate of drug-likeness (QED) is 0.920. The highest BCUT2D eigenvalue weighted by atomic mass is 16.5. The summed E-state index contributed by atoms with van der Waals surface area (Å²) in [6.45, 7) is 2.93. The first kappa shape index (κ1) is 12.6. The number of fused-ring (bicyclic) bond motifs is 1. The van der Waals surface area contributed by atoms with Crippen molar-refractivity contribution >= 4 is 5.91 Å². The molecule has 20 heavy (non-hydrogen) atoms. The Morgan fingerprint density at radius 3 is 3.10 bits per heavy atom. The van der Waals surface area contributed by atoms with E-state index in [1.54, 1.807) is 6.20 Å². The fourth-order valence-corrected chi connectivity index (χ4v) is 2.24. The van der Waals surface area contributed by atoms with Gasteiger partial charge < -0.3 is 10.1 Å². The fraction of sp³-hybridized carbons (Fsp3) is 0.267. The Bertz CT molecular complexity index is 655. The zero-order chi connectivity index (χ0) is 13.9. The second-order valence-electron chi connectivity index (χ2n) is 4.71. The van der Waals surface area contributed by atoms with Gasteiger partial charge in [-0.2, -0.15) is 0 Å². The van der Waals surface area contributed by atoms with Crippen molar-refractivity contribution in [2.24, 2.45) is 0 Å². The van der Waals surface area contributed by atoms with Crippen molar-refractivity contribution in [2.75, 3.05) is 6.54 Å². The lowest BCUT2D eigenvalue weighted by molar-refractivity contribution is 0.0946. The SMILES string of the molecule is Cc1nccc(COc2ccc3c(c2)CCNC3=O)n1. The minimum Gasteiger partial charge on any atom is -0.487 e. The van der Waals surface area contributed by atoms with Gasteiger partial charge in [0.25, 0.3) is 5.91 Å². The molecule has 5 nitrogen and oxygen atoms in total. The smallest absolute Gasteiger partial charge is 0.251 e. The molecular formula is C15H15N3O2. The van der Waals surface area contributed by atoms with Gasteiger partial charge in [0, 0.05) is 18.3 Å². The van der Waals surface area contributed by atoms with Crippen LogP contribution in [0, 0.1) is 6.92 Å². The number of benzene rings is 1.